The highest BCUT2D eigenvalue weighted by Gasteiger charge is 2.17. The highest BCUT2D eigenvalue weighted by atomic mass is 16.5. The fourth-order valence-corrected chi connectivity index (χ4v) is 1.70. The van der Waals surface area contributed by atoms with Crippen LogP contribution < -0.4 is 5.32 Å². The Morgan fingerprint density at radius 3 is 2.68 bits per heavy atom. The van der Waals surface area contributed by atoms with E-state index in [9.17, 15) is 9.59 Å². The van der Waals surface area contributed by atoms with Crippen LogP contribution in [0.4, 0.5) is 0 Å². The summed E-state index contributed by atoms with van der Waals surface area (Å²) in [5.41, 5.74) is 1.01. The molecule has 5 nitrogen and oxygen atoms in total. The molecule has 0 saturated carbocycles. The number of methoxy groups -OCH3 is 1. The lowest BCUT2D eigenvalue weighted by molar-refractivity contribution is -0.142. The molecule has 0 spiro atoms. The Kier molecular flexibility index (Phi) is 3.75. The van der Waals surface area contributed by atoms with Crippen molar-refractivity contribution >= 4 is 22.8 Å². The number of hydrogen-bond acceptors (Lipinski definition) is 4. The number of carbonyl (C=O) groups is 2. The Labute approximate surface area is 110 Å². The molecule has 0 saturated heterocycles. The van der Waals surface area contributed by atoms with Gasteiger partial charge in [0, 0.05) is 5.39 Å². The van der Waals surface area contributed by atoms with E-state index in [4.69, 9.17) is 0 Å². The van der Waals surface area contributed by atoms with E-state index in [2.05, 4.69) is 15.0 Å². The molecule has 0 aliphatic heterocycles. The fraction of sp³-hybridized carbons (Fsp3) is 0.214. The quantitative estimate of drug-likeness (QED) is 0.848. The first-order valence-corrected chi connectivity index (χ1v) is 5.86. The smallest absolute Gasteiger partial charge is 0.328 e. The molecule has 2 rings (SSSR count). The number of pyridine rings is 1. The van der Waals surface area contributed by atoms with Crippen molar-refractivity contribution in [1.82, 2.24) is 10.3 Å². The Morgan fingerprint density at radius 1 is 1.21 bits per heavy atom. The maximum absolute atomic E-state index is 11.9. The van der Waals surface area contributed by atoms with Gasteiger partial charge in [0.05, 0.1) is 12.6 Å². The molecule has 1 aromatic heterocycles. The van der Waals surface area contributed by atoms with Gasteiger partial charge in [0.25, 0.3) is 5.91 Å². The van der Waals surface area contributed by atoms with Crippen LogP contribution in [0.25, 0.3) is 10.9 Å². The van der Waals surface area contributed by atoms with Gasteiger partial charge in [0.1, 0.15) is 11.7 Å². The predicted molar refractivity (Wildman–Crippen MR) is 70.7 cm³/mol. The topological polar surface area (TPSA) is 68.3 Å². The van der Waals surface area contributed by atoms with E-state index in [1.807, 2.05) is 30.3 Å². The van der Waals surface area contributed by atoms with Gasteiger partial charge in [-0.3, -0.25) is 4.79 Å². The largest absolute Gasteiger partial charge is 0.467 e. The number of nitrogens with one attached hydrogen (secondary N) is 1. The zero-order chi connectivity index (χ0) is 13.8. The second-order valence-electron chi connectivity index (χ2n) is 4.11. The molecule has 19 heavy (non-hydrogen) atoms. The van der Waals surface area contributed by atoms with Crippen LogP contribution in [0.15, 0.2) is 36.4 Å². The Hall–Kier alpha value is -2.43. The third kappa shape index (κ3) is 2.88. The van der Waals surface area contributed by atoms with Crippen molar-refractivity contribution < 1.29 is 14.3 Å². The maximum atomic E-state index is 11.9. The van der Waals surface area contributed by atoms with Gasteiger partial charge in [-0.2, -0.15) is 0 Å². The van der Waals surface area contributed by atoms with Gasteiger partial charge < -0.3 is 10.1 Å². The van der Waals surface area contributed by atoms with Crippen molar-refractivity contribution in [1.29, 1.82) is 0 Å². The van der Waals surface area contributed by atoms with Crippen molar-refractivity contribution in [3.63, 3.8) is 0 Å². The van der Waals surface area contributed by atoms with Crippen molar-refractivity contribution in [2.24, 2.45) is 0 Å². The highest BCUT2D eigenvalue weighted by molar-refractivity contribution is 5.97. The fourth-order valence-electron chi connectivity index (χ4n) is 1.70. The lowest BCUT2D eigenvalue weighted by atomic mass is 10.2. The van der Waals surface area contributed by atoms with E-state index in [1.54, 1.807) is 13.0 Å². The Bertz CT molecular complexity index is 625. The Balaban J connectivity index is 2.19. The number of nitrogens with zero attached hydrogens (tertiary/aromatic N) is 1. The van der Waals surface area contributed by atoms with Gasteiger partial charge in [-0.05, 0) is 19.1 Å². The van der Waals surface area contributed by atoms with Gasteiger partial charge in [0.2, 0.25) is 0 Å². The van der Waals surface area contributed by atoms with Gasteiger partial charge in [-0.1, -0.05) is 24.3 Å². The van der Waals surface area contributed by atoms with Gasteiger partial charge in [0.15, 0.2) is 0 Å². The number of hydrogen-bond donors (Lipinski definition) is 1. The SMILES string of the molecule is COC(=O)[C@@H](C)NC(=O)c1ccc2ccccc2n1. The van der Waals surface area contributed by atoms with E-state index < -0.39 is 17.9 Å². The maximum Gasteiger partial charge on any atom is 0.328 e. The second kappa shape index (κ2) is 5.48. The molecule has 0 fully saturated rings. The van der Waals surface area contributed by atoms with E-state index >= 15 is 0 Å². The molecule has 98 valence electrons. The predicted octanol–water partition coefficient (Wildman–Crippen LogP) is 1.53. The number of esters is 1. The third-order valence-electron chi connectivity index (χ3n) is 2.73. The zero-order valence-corrected chi connectivity index (χ0v) is 10.7. The zero-order valence-electron chi connectivity index (χ0n) is 10.7. The molecule has 2 aromatic rings. The van der Waals surface area contributed by atoms with Gasteiger partial charge in [-0.15, -0.1) is 0 Å². The molecule has 0 unspecified atom stereocenters. The van der Waals surface area contributed by atoms with E-state index in [0.29, 0.717) is 0 Å². The summed E-state index contributed by atoms with van der Waals surface area (Å²) in [4.78, 5) is 27.4. The lowest BCUT2D eigenvalue weighted by Gasteiger charge is -2.11. The third-order valence-corrected chi connectivity index (χ3v) is 2.73. The highest BCUT2D eigenvalue weighted by Crippen LogP contribution is 2.11. The van der Waals surface area contributed by atoms with Crippen LogP contribution in [0.5, 0.6) is 0 Å². The first kappa shape index (κ1) is 13.0. The van der Waals surface area contributed by atoms with Crippen molar-refractivity contribution in [3.05, 3.63) is 42.1 Å². The van der Waals surface area contributed by atoms with Crippen molar-refractivity contribution in [2.75, 3.05) is 7.11 Å². The minimum Gasteiger partial charge on any atom is -0.467 e. The molecule has 1 atom stereocenters. The van der Waals surface area contributed by atoms with E-state index in [0.717, 1.165) is 10.9 Å². The van der Waals surface area contributed by atoms with Crippen LogP contribution in [0.3, 0.4) is 0 Å². The molecule has 1 heterocycles. The van der Waals surface area contributed by atoms with Crippen LogP contribution in [0, 0.1) is 0 Å². The number of carbonyl (C=O) groups excluding carboxylic acids is 2. The van der Waals surface area contributed by atoms with Crippen molar-refractivity contribution in [3.8, 4) is 0 Å². The number of para-hydroxylation sites is 1. The molecule has 0 bridgehead atoms. The lowest BCUT2D eigenvalue weighted by Crippen LogP contribution is -2.39. The number of aromatic nitrogens is 1. The molecule has 1 aromatic carbocycles. The van der Waals surface area contributed by atoms with Crippen LogP contribution >= 0.6 is 0 Å². The first-order valence-electron chi connectivity index (χ1n) is 5.86. The number of benzene rings is 1. The summed E-state index contributed by atoms with van der Waals surface area (Å²) in [6.07, 6.45) is 0. The summed E-state index contributed by atoms with van der Waals surface area (Å²) >= 11 is 0. The van der Waals surface area contributed by atoms with E-state index in [-0.39, 0.29) is 5.69 Å². The van der Waals surface area contributed by atoms with Gasteiger partial charge >= 0.3 is 5.97 Å². The summed E-state index contributed by atoms with van der Waals surface area (Å²) in [6, 6.07) is 10.3. The molecular formula is C14H14N2O3. The summed E-state index contributed by atoms with van der Waals surface area (Å²) in [6.45, 7) is 1.56. The van der Waals surface area contributed by atoms with Gasteiger partial charge in [-0.25, -0.2) is 9.78 Å². The standard InChI is InChI=1S/C14H14N2O3/c1-9(14(18)19-2)15-13(17)12-8-7-10-5-3-4-6-11(10)16-12/h3-9H,1-2H3,(H,15,17)/t9-/m1/s1. The average molecular weight is 258 g/mol. The molecule has 0 aliphatic carbocycles. The average Bonchev–Trinajstić information content (AvgIpc) is 2.45. The molecule has 5 heteroatoms. The summed E-state index contributed by atoms with van der Waals surface area (Å²) < 4.78 is 4.54. The van der Waals surface area contributed by atoms with E-state index in [1.165, 1.54) is 7.11 Å². The van der Waals surface area contributed by atoms with Crippen LogP contribution in [-0.2, 0) is 9.53 Å². The summed E-state index contributed by atoms with van der Waals surface area (Å²) in [5, 5.41) is 3.49. The van der Waals surface area contributed by atoms with Crippen LogP contribution in [-0.4, -0.2) is 30.0 Å². The number of fused-ring (bicyclic) bond motifs is 1. The first-order chi connectivity index (χ1) is 9.11. The molecule has 0 aliphatic rings. The molecule has 1 N–H and O–H groups in total. The second-order valence-corrected chi connectivity index (χ2v) is 4.11. The van der Waals surface area contributed by atoms with Crippen LogP contribution in [0.2, 0.25) is 0 Å². The number of amides is 1. The molecule has 0 radical (unpaired) electrons. The summed E-state index contributed by atoms with van der Waals surface area (Å²) in [7, 11) is 1.28. The minimum atomic E-state index is -0.703. The number of rotatable bonds is 3. The summed E-state index contributed by atoms with van der Waals surface area (Å²) in [5.74, 6) is -0.891. The van der Waals surface area contributed by atoms with Crippen LogP contribution in [0.1, 0.15) is 17.4 Å². The molecular weight excluding hydrogens is 244 g/mol. The molecule has 1 amide bonds. The number of ether oxygens (including phenoxy) is 1. The minimum absolute atomic E-state index is 0.273. The normalized spacial score (nSPS) is 11.9. The Morgan fingerprint density at radius 2 is 1.95 bits per heavy atom. The monoisotopic (exact) mass is 258 g/mol. The van der Waals surface area contributed by atoms with Crippen molar-refractivity contribution in [2.45, 2.75) is 13.0 Å².